The first kappa shape index (κ1) is 23.7. The van der Waals surface area contributed by atoms with Crippen LogP contribution in [0.5, 0.6) is 0 Å². The van der Waals surface area contributed by atoms with Crippen LogP contribution in [0.1, 0.15) is 36.5 Å². The number of likely N-dealkylation sites (tertiary alicyclic amines) is 1. The van der Waals surface area contributed by atoms with Gasteiger partial charge in [-0.1, -0.05) is 13.3 Å². The third kappa shape index (κ3) is 5.55. The Morgan fingerprint density at radius 1 is 1.00 bits per heavy atom. The molecule has 34 heavy (non-hydrogen) atoms. The van der Waals surface area contributed by atoms with Crippen molar-refractivity contribution in [3.05, 3.63) is 59.9 Å². The van der Waals surface area contributed by atoms with Crippen LogP contribution in [0.15, 0.2) is 48.5 Å². The third-order valence-electron chi connectivity index (χ3n) is 6.52. The highest BCUT2D eigenvalue weighted by Gasteiger charge is 2.33. The molecule has 4 rings (SSSR count). The predicted molar refractivity (Wildman–Crippen MR) is 129 cm³/mol. The van der Waals surface area contributed by atoms with Crippen molar-refractivity contribution in [2.75, 3.05) is 49.5 Å². The first-order chi connectivity index (χ1) is 16.4. The molecule has 1 unspecified atom stereocenters. The highest BCUT2D eigenvalue weighted by Crippen LogP contribution is 2.22. The fourth-order valence-corrected chi connectivity index (χ4v) is 4.46. The van der Waals surface area contributed by atoms with Gasteiger partial charge in [-0.15, -0.1) is 0 Å². The van der Waals surface area contributed by atoms with E-state index in [1.165, 1.54) is 12.1 Å². The summed E-state index contributed by atoms with van der Waals surface area (Å²) in [6, 6.07) is 13.3. The van der Waals surface area contributed by atoms with E-state index in [-0.39, 0.29) is 35.9 Å². The third-order valence-corrected chi connectivity index (χ3v) is 6.52. The molecule has 3 amide bonds. The Hall–Kier alpha value is -3.42. The molecular weight excluding hydrogens is 435 g/mol. The molecule has 180 valence electrons. The number of carbonyl (C=O) groups excluding carboxylic acids is 3. The summed E-state index contributed by atoms with van der Waals surface area (Å²) >= 11 is 0. The summed E-state index contributed by atoms with van der Waals surface area (Å²) in [7, 11) is 0. The number of unbranched alkanes of at least 4 members (excludes halogenated alkanes) is 1. The summed E-state index contributed by atoms with van der Waals surface area (Å²) in [5.74, 6) is -0.784. The first-order valence-corrected chi connectivity index (χ1v) is 11.9. The Labute approximate surface area is 199 Å². The average molecular weight is 467 g/mol. The van der Waals surface area contributed by atoms with Crippen LogP contribution in [0.3, 0.4) is 0 Å². The Kier molecular flexibility index (Phi) is 7.45. The van der Waals surface area contributed by atoms with E-state index in [0.29, 0.717) is 50.5 Å². The van der Waals surface area contributed by atoms with Gasteiger partial charge in [0.15, 0.2) is 0 Å². The molecule has 8 heteroatoms. The summed E-state index contributed by atoms with van der Waals surface area (Å²) in [6.07, 6.45) is 2.20. The zero-order valence-electron chi connectivity index (χ0n) is 19.5. The minimum Gasteiger partial charge on any atom is -0.368 e. The van der Waals surface area contributed by atoms with Gasteiger partial charge in [0.25, 0.3) is 5.91 Å². The Morgan fingerprint density at radius 3 is 2.32 bits per heavy atom. The Bertz CT molecular complexity index is 1020. The van der Waals surface area contributed by atoms with Gasteiger partial charge in [0, 0.05) is 62.6 Å². The van der Waals surface area contributed by atoms with Gasteiger partial charge in [-0.25, -0.2) is 4.39 Å². The summed E-state index contributed by atoms with van der Waals surface area (Å²) in [5.41, 5.74) is 2.13. The quantitative estimate of drug-likeness (QED) is 0.679. The van der Waals surface area contributed by atoms with Crippen molar-refractivity contribution in [1.82, 2.24) is 9.80 Å². The Morgan fingerprint density at radius 2 is 1.68 bits per heavy atom. The van der Waals surface area contributed by atoms with Crippen molar-refractivity contribution in [2.24, 2.45) is 5.92 Å². The van der Waals surface area contributed by atoms with E-state index in [1.54, 1.807) is 41.3 Å². The summed E-state index contributed by atoms with van der Waals surface area (Å²) in [4.78, 5) is 43.4. The predicted octanol–water partition coefficient (Wildman–Crippen LogP) is 3.38. The van der Waals surface area contributed by atoms with Gasteiger partial charge in [0.2, 0.25) is 11.8 Å². The van der Waals surface area contributed by atoms with E-state index < -0.39 is 0 Å². The lowest BCUT2D eigenvalue weighted by Crippen LogP contribution is -2.48. The maximum Gasteiger partial charge on any atom is 0.253 e. The highest BCUT2D eigenvalue weighted by atomic mass is 19.1. The van der Waals surface area contributed by atoms with E-state index in [1.807, 2.05) is 4.90 Å². The number of amides is 3. The molecule has 1 atom stereocenters. The summed E-state index contributed by atoms with van der Waals surface area (Å²) in [6.45, 7) is 5.77. The highest BCUT2D eigenvalue weighted by molar-refractivity contribution is 5.98. The van der Waals surface area contributed by atoms with E-state index in [9.17, 15) is 18.8 Å². The number of benzene rings is 2. The van der Waals surface area contributed by atoms with Crippen LogP contribution in [0.4, 0.5) is 15.8 Å². The maximum absolute atomic E-state index is 13.1. The van der Waals surface area contributed by atoms with Gasteiger partial charge in [-0.2, -0.15) is 0 Å². The zero-order chi connectivity index (χ0) is 24.1. The van der Waals surface area contributed by atoms with Crippen LogP contribution in [0, 0.1) is 11.7 Å². The lowest BCUT2D eigenvalue weighted by molar-refractivity contribution is -0.128. The normalized spacial score (nSPS) is 18.4. The molecule has 2 heterocycles. The minimum absolute atomic E-state index is 0.0362. The molecule has 2 aromatic carbocycles. The largest absolute Gasteiger partial charge is 0.368 e. The van der Waals surface area contributed by atoms with E-state index in [2.05, 4.69) is 17.1 Å². The molecule has 1 N–H and O–H groups in total. The van der Waals surface area contributed by atoms with Crippen molar-refractivity contribution in [1.29, 1.82) is 0 Å². The van der Waals surface area contributed by atoms with Gasteiger partial charge in [-0.3, -0.25) is 14.4 Å². The van der Waals surface area contributed by atoms with Crippen molar-refractivity contribution >= 4 is 29.1 Å². The molecule has 7 nitrogen and oxygen atoms in total. The van der Waals surface area contributed by atoms with E-state index >= 15 is 0 Å². The summed E-state index contributed by atoms with van der Waals surface area (Å²) < 4.78 is 13.1. The lowest BCUT2D eigenvalue weighted by atomic mass is 10.1. The SMILES string of the molecule is CCCCN1CC(C(=O)Nc2ccc(C(=O)N3CCN(c4ccc(F)cc4)CC3)cc2)CC1=O. The van der Waals surface area contributed by atoms with Crippen LogP contribution in [-0.4, -0.2) is 66.8 Å². The lowest BCUT2D eigenvalue weighted by Gasteiger charge is -2.36. The molecule has 0 bridgehead atoms. The van der Waals surface area contributed by atoms with Crippen LogP contribution in [0.25, 0.3) is 0 Å². The van der Waals surface area contributed by atoms with Crippen LogP contribution >= 0.6 is 0 Å². The molecular formula is C26H31FN4O3. The van der Waals surface area contributed by atoms with Crippen molar-refractivity contribution in [2.45, 2.75) is 26.2 Å². The molecule has 2 saturated heterocycles. The van der Waals surface area contributed by atoms with Crippen molar-refractivity contribution in [3.8, 4) is 0 Å². The van der Waals surface area contributed by atoms with Crippen LogP contribution in [-0.2, 0) is 9.59 Å². The summed E-state index contributed by atoms with van der Waals surface area (Å²) in [5, 5.41) is 2.88. The van der Waals surface area contributed by atoms with E-state index in [4.69, 9.17) is 0 Å². The second-order valence-electron chi connectivity index (χ2n) is 8.92. The topological polar surface area (TPSA) is 73.0 Å². The van der Waals surface area contributed by atoms with Crippen LogP contribution in [0.2, 0.25) is 0 Å². The molecule has 0 saturated carbocycles. The number of rotatable bonds is 7. The number of anilines is 2. The Balaban J connectivity index is 1.28. The fraction of sp³-hybridized carbons (Fsp3) is 0.423. The fourth-order valence-electron chi connectivity index (χ4n) is 4.46. The molecule has 2 fully saturated rings. The number of piperazine rings is 1. The van der Waals surface area contributed by atoms with Gasteiger partial charge >= 0.3 is 0 Å². The smallest absolute Gasteiger partial charge is 0.253 e. The monoisotopic (exact) mass is 466 g/mol. The average Bonchev–Trinajstić information content (AvgIpc) is 3.24. The van der Waals surface area contributed by atoms with Crippen molar-refractivity contribution in [3.63, 3.8) is 0 Å². The maximum atomic E-state index is 13.1. The first-order valence-electron chi connectivity index (χ1n) is 11.9. The minimum atomic E-state index is -0.344. The zero-order valence-corrected chi connectivity index (χ0v) is 19.5. The van der Waals surface area contributed by atoms with Crippen molar-refractivity contribution < 1.29 is 18.8 Å². The number of halogens is 1. The van der Waals surface area contributed by atoms with Crippen LogP contribution < -0.4 is 10.2 Å². The van der Waals surface area contributed by atoms with Gasteiger partial charge in [0.1, 0.15) is 5.82 Å². The molecule has 0 spiro atoms. The molecule has 0 aromatic heterocycles. The van der Waals surface area contributed by atoms with E-state index in [0.717, 1.165) is 18.5 Å². The second kappa shape index (κ2) is 10.7. The number of hydrogen-bond acceptors (Lipinski definition) is 4. The molecule has 2 aromatic rings. The number of hydrogen-bond donors (Lipinski definition) is 1. The standard InChI is InChI=1S/C26H31FN4O3/c1-2-3-12-31-18-20(17-24(31)32)25(33)28-22-8-4-19(5-9-22)26(34)30-15-13-29(14-16-30)23-10-6-21(27)7-11-23/h4-11,20H,2-3,12-18H2,1H3,(H,28,33). The molecule has 0 aliphatic carbocycles. The number of nitrogens with one attached hydrogen (secondary N) is 1. The molecule has 2 aliphatic rings. The molecule has 2 aliphatic heterocycles. The second-order valence-corrected chi connectivity index (χ2v) is 8.92. The van der Waals surface area contributed by atoms with Gasteiger partial charge in [0.05, 0.1) is 5.92 Å². The molecule has 0 radical (unpaired) electrons. The van der Waals surface area contributed by atoms with Gasteiger partial charge in [-0.05, 0) is 55.0 Å². The number of nitrogens with zero attached hydrogens (tertiary/aromatic N) is 3. The van der Waals surface area contributed by atoms with Gasteiger partial charge < -0.3 is 20.0 Å². The number of carbonyl (C=O) groups is 3.